The maximum Gasteiger partial charge on any atom is 0.323 e. The van der Waals surface area contributed by atoms with Crippen LogP contribution in [0.4, 0.5) is 11.4 Å². The van der Waals surface area contributed by atoms with Crippen molar-refractivity contribution < 1.29 is 34.5 Å². The van der Waals surface area contributed by atoms with Gasteiger partial charge in [-0.15, -0.1) is 23.1 Å². The summed E-state index contributed by atoms with van der Waals surface area (Å²) in [7, 11) is 0. The molecule has 11 nitrogen and oxygen atoms in total. The molecule has 0 bridgehead atoms. The second kappa shape index (κ2) is 17.1. The third-order valence-electron chi connectivity index (χ3n) is 12.4. The zero-order chi connectivity index (χ0) is 44.1. The molecule has 2 fully saturated rings. The van der Waals surface area contributed by atoms with E-state index >= 15 is 0 Å². The molecule has 15 heteroatoms. The number of thiazole rings is 1. The monoisotopic (exact) mass is 893 g/mol. The summed E-state index contributed by atoms with van der Waals surface area (Å²) in [6.45, 7) is 14.6. The number of nitrogens with zero attached hydrogens (tertiary/aromatic N) is 3. The van der Waals surface area contributed by atoms with Crippen molar-refractivity contribution in [3.05, 3.63) is 73.1 Å². The summed E-state index contributed by atoms with van der Waals surface area (Å²) >= 11 is 9.45. The van der Waals surface area contributed by atoms with Crippen molar-refractivity contribution in [1.82, 2.24) is 9.47 Å². The van der Waals surface area contributed by atoms with Crippen LogP contribution in [0.1, 0.15) is 117 Å². The van der Waals surface area contributed by atoms with Crippen LogP contribution in [0, 0.1) is 16.2 Å². The summed E-state index contributed by atoms with van der Waals surface area (Å²) in [5.74, 6) is -3.06. The average Bonchev–Trinajstić information content (AvgIpc) is 3.91. The molecule has 1 amide bonds. The lowest BCUT2D eigenvalue weighted by molar-refractivity contribution is -0.149. The summed E-state index contributed by atoms with van der Waals surface area (Å²) in [5, 5.41) is 29.5. The number of carboxylic acid groups (broad SMARTS) is 3. The molecular formula is C45H55N3O8S4. The molecule has 2 aromatic carbocycles. The largest absolute Gasteiger partial charge is 0.481 e. The molecule has 1 saturated heterocycles. The Kier molecular flexibility index (Phi) is 13.0. The van der Waals surface area contributed by atoms with E-state index in [1.807, 2.05) is 33.8 Å². The van der Waals surface area contributed by atoms with Crippen molar-refractivity contribution in [1.29, 1.82) is 0 Å². The standard InChI is InChI=1S/C45H55N3O8S4/c1-9-44(7,40(55)56)24-45(8,10-2)60-28-17-15-27(16-18-28)48-31-13-11-12-29(31)30-20-26(14-19-32(30)48)21-33-36(51)46(22-34(49)50)38(58-33)35-37(52)47(41(57)59-35)25-42(3,4)23-43(5,6)39(53)54/h14-21,29,31H,9-13,22-25H2,1-8H3,(H,49,50)(H,53,54)(H,55,56)/b33-21-,38-35+. The van der Waals surface area contributed by atoms with Crippen LogP contribution in [-0.2, 0) is 25.7 Å². The van der Waals surface area contributed by atoms with Crippen molar-refractivity contribution in [2.24, 2.45) is 16.2 Å². The van der Waals surface area contributed by atoms with E-state index in [0.29, 0.717) is 23.3 Å². The van der Waals surface area contributed by atoms with Crippen molar-refractivity contribution >= 4 is 97.6 Å². The molecule has 1 saturated carbocycles. The Morgan fingerprint density at radius 2 is 1.60 bits per heavy atom. The highest BCUT2D eigenvalue weighted by Crippen LogP contribution is 2.53. The van der Waals surface area contributed by atoms with Gasteiger partial charge in [0.1, 0.15) is 20.4 Å². The van der Waals surface area contributed by atoms with Gasteiger partial charge in [0.25, 0.3) is 11.5 Å². The fourth-order valence-electron chi connectivity index (χ4n) is 9.21. The number of rotatable bonds is 16. The lowest BCUT2D eigenvalue weighted by Gasteiger charge is -2.36. The second-order valence-corrected chi connectivity index (χ2v) is 22.7. The number of aromatic nitrogens is 1. The van der Waals surface area contributed by atoms with Crippen LogP contribution < -0.4 is 19.7 Å². The van der Waals surface area contributed by atoms with Crippen molar-refractivity contribution in [3.63, 3.8) is 0 Å². The molecule has 60 heavy (non-hydrogen) atoms. The number of hydrogen-bond acceptors (Lipinski definition) is 10. The predicted octanol–water partition coefficient (Wildman–Crippen LogP) is 8.26. The molecule has 4 atom stereocenters. The fourth-order valence-corrected chi connectivity index (χ4v) is 13.1. The van der Waals surface area contributed by atoms with Gasteiger partial charge in [0, 0.05) is 39.5 Å². The predicted molar refractivity (Wildman–Crippen MR) is 245 cm³/mol. The van der Waals surface area contributed by atoms with E-state index < -0.39 is 52.2 Å². The quantitative estimate of drug-likeness (QED) is 0.0936. The normalized spacial score (nSPS) is 21.2. The Labute approximate surface area is 368 Å². The van der Waals surface area contributed by atoms with Gasteiger partial charge in [-0.1, -0.05) is 71.1 Å². The van der Waals surface area contributed by atoms with Crippen LogP contribution in [0.25, 0.3) is 11.0 Å². The van der Waals surface area contributed by atoms with Gasteiger partial charge in [-0.25, -0.2) is 0 Å². The first-order chi connectivity index (χ1) is 28.0. The Morgan fingerprint density at radius 1 is 0.917 bits per heavy atom. The van der Waals surface area contributed by atoms with Gasteiger partial charge in [0.15, 0.2) is 0 Å². The van der Waals surface area contributed by atoms with Gasteiger partial charge in [-0.3, -0.25) is 33.4 Å². The maximum absolute atomic E-state index is 13.9. The molecule has 0 spiro atoms. The molecule has 3 aromatic rings. The molecule has 4 unspecified atom stereocenters. The van der Waals surface area contributed by atoms with Gasteiger partial charge >= 0.3 is 17.9 Å². The number of carboxylic acids is 3. The zero-order valence-electron chi connectivity index (χ0n) is 35.5. The number of fused-ring (bicyclic) bond motifs is 3. The summed E-state index contributed by atoms with van der Waals surface area (Å²) in [6, 6.07) is 15.1. The number of aliphatic carboxylic acids is 3. The Bertz CT molecular complexity index is 2420. The number of anilines is 2. The molecule has 2 aliphatic heterocycles. The number of amides is 1. The first kappa shape index (κ1) is 45.6. The summed E-state index contributed by atoms with van der Waals surface area (Å²) in [5.41, 5.74) is 1.25. The number of carbonyl (C=O) groups is 4. The van der Waals surface area contributed by atoms with Crippen molar-refractivity contribution in [3.8, 4) is 0 Å². The molecule has 3 heterocycles. The summed E-state index contributed by atoms with van der Waals surface area (Å²) in [6.07, 6.45) is 7.18. The summed E-state index contributed by atoms with van der Waals surface area (Å²) in [4.78, 5) is 69.0. The summed E-state index contributed by atoms with van der Waals surface area (Å²) < 4.78 is 1.67. The Morgan fingerprint density at radius 3 is 2.20 bits per heavy atom. The van der Waals surface area contributed by atoms with E-state index in [-0.39, 0.29) is 37.6 Å². The van der Waals surface area contributed by atoms with Gasteiger partial charge in [0.05, 0.1) is 15.4 Å². The topological polar surface area (TPSA) is 157 Å². The SMILES string of the molecule is CCC(C)(CC(C)(CC)C(=O)O)Sc1ccc(N2c3ccc(/C=c4\s/c(=C5/SC(=S)N(CC(C)(C)CC(C)(C)C(=O)O)C5=O)n(CC(=O)O)c4=O)cc3C3CCCC32)cc1. The van der Waals surface area contributed by atoms with Crippen LogP contribution in [0.3, 0.4) is 0 Å². The molecule has 6 rings (SSSR count). The third-order valence-corrected chi connectivity index (χ3v) is 16.6. The third kappa shape index (κ3) is 9.14. The molecule has 1 aromatic heterocycles. The molecule has 322 valence electrons. The van der Waals surface area contributed by atoms with Crippen LogP contribution in [0.2, 0.25) is 0 Å². The van der Waals surface area contributed by atoms with Gasteiger partial charge < -0.3 is 20.2 Å². The average molecular weight is 894 g/mol. The first-order valence-corrected chi connectivity index (χ1v) is 23.3. The van der Waals surface area contributed by atoms with E-state index in [4.69, 9.17) is 12.2 Å². The molecule has 1 aliphatic carbocycles. The fraction of sp³-hybridized carbons (Fsp3) is 0.511. The van der Waals surface area contributed by atoms with Crippen LogP contribution in [0.15, 0.2) is 52.2 Å². The smallest absolute Gasteiger partial charge is 0.323 e. The lowest BCUT2D eigenvalue weighted by atomic mass is 9.75. The van der Waals surface area contributed by atoms with E-state index in [2.05, 4.69) is 55.1 Å². The highest BCUT2D eigenvalue weighted by Gasteiger charge is 2.44. The van der Waals surface area contributed by atoms with Gasteiger partial charge in [-0.2, -0.15) is 0 Å². The minimum absolute atomic E-state index is 0.161. The first-order valence-electron chi connectivity index (χ1n) is 20.4. The van der Waals surface area contributed by atoms with Crippen molar-refractivity contribution in [2.45, 2.75) is 128 Å². The van der Waals surface area contributed by atoms with E-state index in [1.165, 1.54) is 10.5 Å². The molecular weight excluding hydrogens is 839 g/mol. The molecule has 3 aliphatic rings. The van der Waals surface area contributed by atoms with Gasteiger partial charge in [0.2, 0.25) is 0 Å². The Balaban J connectivity index is 1.31. The van der Waals surface area contributed by atoms with Crippen LogP contribution in [-0.4, -0.2) is 70.3 Å². The van der Waals surface area contributed by atoms with Crippen LogP contribution >= 0.6 is 47.1 Å². The molecule has 3 N–H and O–H groups in total. The van der Waals surface area contributed by atoms with E-state index in [9.17, 15) is 39.3 Å². The van der Waals surface area contributed by atoms with E-state index in [1.54, 1.807) is 31.7 Å². The highest BCUT2D eigenvalue weighted by molar-refractivity contribution is 8.30. The maximum atomic E-state index is 13.9. The second-order valence-electron chi connectivity index (χ2n) is 18.4. The van der Waals surface area contributed by atoms with E-state index in [0.717, 1.165) is 75.2 Å². The molecule has 0 radical (unpaired) electrons. The minimum Gasteiger partial charge on any atom is -0.481 e. The van der Waals surface area contributed by atoms with Crippen LogP contribution in [0.5, 0.6) is 0 Å². The number of benzene rings is 2. The number of carbonyl (C=O) groups excluding carboxylic acids is 1. The number of thiocarbonyl (C=S) groups is 1. The van der Waals surface area contributed by atoms with Gasteiger partial charge in [-0.05, 0) is 118 Å². The zero-order valence-corrected chi connectivity index (χ0v) is 38.8. The highest BCUT2D eigenvalue weighted by atomic mass is 32.2. The Hall–Kier alpha value is -3.92. The number of hydrogen-bond donors (Lipinski definition) is 3. The minimum atomic E-state index is -1.22. The van der Waals surface area contributed by atoms with Crippen molar-refractivity contribution in [2.75, 3.05) is 11.4 Å². The number of thioether (sulfide) groups is 2. The lowest BCUT2D eigenvalue weighted by Crippen LogP contribution is -2.41.